The zero-order chi connectivity index (χ0) is 14.5. The molecular formula is C15H18ClN3O. The average molecular weight is 292 g/mol. The minimum absolute atomic E-state index is 0.0162. The van der Waals surface area contributed by atoms with Crippen LogP contribution in [-0.2, 0) is 11.2 Å². The Labute approximate surface area is 123 Å². The largest absolute Gasteiger partial charge is 0.352 e. The number of imidazole rings is 1. The summed E-state index contributed by atoms with van der Waals surface area (Å²) < 4.78 is 1.78. The van der Waals surface area contributed by atoms with E-state index in [4.69, 9.17) is 11.6 Å². The maximum absolute atomic E-state index is 12.1. The third-order valence-electron chi connectivity index (χ3n) is 3.17. The maximum Gasteiger partial charge on any atom is 0.243 e. The number of amides is 1. The lowest BCUT2D eigenvalue weighted by Crippen LogP contribution is -2.38. The van der Waals surface area contributed by atoms with Crippen LogP contribution in [-0.4, -0.2) is 21.5 Å². The Hall–Kier alpha value is -1.81. The van der Waals surface area contributed by atoms with Crippen molar-refractivity contribution in [1.29, 1.82) is 0 Å². The minimum atomic E-state index is -0.265. The quantitative estimate of drug-likeness (QED) is 0.921. The summed E-state index contributed by atoms with van der Waals surface area (Å²) in [5.41, 5.74) is 1.11. The summed E-state index contributed by atoms with van der Waals surface area (Å²) in [5.74, 6) is -0.0162. The van der Waals surface area contributed by atoms with Crippen molar-refractivity contribution in [2.75, 3.05) is 0 Å². The van der Waals surface area contributed by atoms with Crippen LogP contribution >= 0.6 is 11.6 Å². The number of aromatic nitrogens is 2. The van der Waals surface area contributed by atoms with Crippen LogP contribution in [0.25, 0.3) is 0 Å². The van der Waals surface area contributed by atoms with Crippen LogP contribution in [0.3, 0.4) is 0 Å². The molecule has 0 unspecified atom stereocenters. The van der Waals surface area contributed by atoms with Gasteiger partial charge in [0.05, 0.1) is 6.33 Å². The second-order valence-electron chi connectivity index (χ2n) is 4.93. The molecule has 1 aromatic heterocycles. The van der Waals surface area contributed by atoms with Crippen LogP contribution < -0.4 is 5.32 Å². The first-order valence-corrected chi connectivity index (χ1v) is 6.96. The lowest BCUT2D eigenvalue weighted by Gasteiger charge is -2.18. The van der Waals surface area contributed by atoms with Crippen molar-refractivity contribution in [3.05, 3.63) is 53.6 Å². The number of nitrogens with one attached hydrogen (secondary N) is 1. The van der Waals surface area contributed by atoms with Crippen molar-refractivity contribution >= 4 is 17.5 Å². The molecule has 0 aliphatic carbocycles. The number of carbonyl (C=O) groups excluding carboxylic acids is 1. The lowest BCUT2D eigenvalue weighted by molar-refractivity contribution is -0.124. The van der Waals surface area contributed by atoms with Crippen LogP contribution in [0.2, 0.25) is 5.02 Å². The fraction of sp³-hybridized carbons (Fsp3) is 0.333. The molecular weight excluding hydrogens is 274 g/mol. The summed E-state index contributed by atoms with van der Waals surface area (Å²) >= 11 is 5.95. The highest BCUT2D eigenvalue weighted by atomic mass is 35.5. The van der Waals surface area contributed by atoms with Gasteiger partial charge in [0.1, 0.15) is 6.04 Å². The Balaban J connectivity index is 1.91. The van der Waals surface area contributed by atoms with E-state index in [1.807, 2.05) is 38.1 Å². The normalized spacial score (nSPS) is 13.8. The SMILES string of the molecule is C[C@H](Cc1cccc(Cl)c1)NC(=O)[C@@H](C)n1ccnc1. The first-order chi connectivity index (χ1) is 9.56. The number of halogens is 1. The Bertz CT molecular complexity index is 568. The number of hydrogen-bond acceptors (Lipinski definition) is 2. The molecule has 0 saturated carbocycles. The Kier molecular flexibility index (Phi) is 4.79. The molecule has 0 radical (unpaired) electrons. The highest BCUT2D eigenvalue weighted by Gasteiger charge is 2.16. The topological polar surface area (TPSA) is 46.9 Å². The van der Waals surface area contributed by atoms with E-state index in [1.54, 1.807) is 23.3 Å². The van der Waals surface area contributed by atoms with Gasteiger partial charge < -0.3 is 9.88 Å². The molecule has 1 aromatic carbocycles. The zero-order valence-corrected chi connectivity index (χ0v) is 12.3. The van der Waals surface area contributed by atoms with Crippen molar-refractivity contribution < 1.29 is 4.79 Å². The summed E-state index contributed by atoms with van der Waals surface area (Å²) in [6, 6.07) is 7.47. The van der Waals surface area contributed by atoms with Gasteiger partial charge in [0.2, 0.25) is 5.91 Å². The van der Waals surface area contributed by atoms with Crippen molar-refractivity contribution in [3.63, 3.8) is 0 Å². The third kappa shape index (κ3) is 3.84. The van der Waals surface area contributed by atoms with Gasteiger partial charge in [-0.1, -0.05) is 23.7 Å². The smallest absolute Gasteiger partial charge is 0.243 e. The van der Waals surface area contributed by atoms with Crippen LogP contribution in [0.15, 0.2) is 43.0 Å². The maximum atomic E-state index is 12.1. The number of benzene rings is 1. The van der Waals surface area contributed by atoms with Gasteiger partial charge in [0.15, 0.2) is 0 Å². The van der Waals surface area contributed by atoms with E-state index in [1.165, 1.54) is 0 Å². The average Bonchev–Trinajstić information content (AvgIpc) is 2.91. The van der Waals surface area contributed by atoms with Gasteiger partial charge >= 0.3 is 0 Å². The molecule has 2 rings (SSSR count). The Morgan fingerprint density at radius 1 is 1.45 bits per heavy atom. The van der Waals surface area contributed by atoms with Gasteiger partial charge in [-0.05, 0) is 38.0 Å². The van der Waals surface area contributed by atoms with Crippen molar-refractivity contribution in [2.24, 2.45) is 0 Å². The monoisotopic (exact) mass is 291 g/mol. The first-order valence-electron chi connectivity index (χ1n) is 6.58. The fourth-order valence-electron chi connectivity index (χ4n) is 2.07. The van der Waals surface area contributed by atoms with Crippen LogP contribution in [0.5, 0.6) is 0 Å². The van der Waals surface area contributed by atoms with Crippen LogP contribution in [0, 0.1) is 0 Å². The summed E-state index contributed by atoms with van der Waals surface area (Å²) in [4.78, 5) is 16.1. The first kappa shape index (κ1) is 14.6. The van der Waals surface area contributed by atoms with Gasteiger partial charge in [0.25, 0.3) is 0 Å². The molecule has 2 aromatic rings. The van der Waals surface area contributed by atoms with Gasteiger partial charge in [-0.2, -0.15) is 0 Å². The van der Waals surface area contributed by atoms with E-state index >= 15 is 0 Å². The minimum Gasteiger partial charge on any atom is -0.352 e. The molecule has 106 valence electrons. The van der Waals surface area contributed by atoms with Gasteiger partial charge in [-0.15, -0.1) is 0 Å². The molecule has 0 fully saturated rings. The van der Waals surface area contributed by atoms with E-state index in [-0.39, 0.29) is 18.0 Å². The predicted octanol–water partition coefficient (Wildman–Crippen LogP) is 2.84. The predicted molar refractivity (Wildman–Crippen MR) is 79.7 cm³/mol. The van der Waals surface area contributed by atoms with Gasteiger partial charge in [0, 0.05) is 23.5 Å². The number of carbonyl (C=O) groups is 1. The van der Waals surface area contributed by atoms with Crippen molar-refractivity contribution in [2.45, 2.75) is 32.4 Å². The van der Waals surface area contributed by atoms with Crippen LogP contribution in [0.1, 0.15) is 25.5 Å². The molecule has 1 amide bonds. The number of hydrogen-bond donors (Lipinski definition) is 1. The molecule has 0 aliphatic rings. The molecule has 5 heteroatoms. The molecule has 2 atom stereocenters. The second kappa shape index (κ2) is 6.57. The number of rotatable bonds is 5. The summed E-state index contributed by atoms with van der Waals surface area (Å²) in [6.07, 6.45) is 5.85. The summed E-state index contributed by atoms with van der Waals surface area (Å²) in [6.45, 7) is 3.84. The summed E-state index contributed by atoms with van der Waals surface area (Å²) in [7, 11) is 0. The molecule has 0 saturated heterocycles. The second-order valence-corrected chi connectivity index (χ2v) is 5.37. The van der Waals surface area contributed by atoms with Crippen LogP contribution in [0.4, 0.5) is 0 Å². The third-order valence-corrected chi connectivity index (χ3v) is 3.41. The Morgan fingerprint density at radius 3 is 2.90 bits per heavy atom. The van der Waals surface area contributed by atoms with Crippen molar-refractivity contribution in [1.82, 2.24) is 14.9 Å². The van der Waals surface area contributed by atoms with E-state index in [2.05, 4.69) is 10.3 Å². The number of nitrogens with zero attached hydrogens (tertiary/aromatic N) is 2. The lowest BCUT2D eigenvalue weighted by atomic mass is 10.1. The molecule has 0 aliphatic heterocycles. The van der Waals surface area contributed by atoms with E-state index < -0.39 is 0 Å². The van der Waals surface area contributed by atoms with Gasteiger partial charge in [-0.25, -0.2) is 4.98 Å². The molecule has 4 nitrogen and oxygen atoms in total. The van der Waals surface area contributed by atoms with E-state index in [0.29, 0.717) is 5.02 Å². The highest BCUT2D eigenvalue weighted by molar-refractivity contribution is 6.30. The Morgan fingerprint density at radius 2 is 2.25 bits per heavy atom. The molecule has 20 heavy (non-hydrogen) atoms. The molecule has 0 spiro atoms. The molecule has 0 bridgehead atoms. The summed E-state index contributed by atoms with van der Waals surface area (Å²) in [5, 5.41) is 3.72. The fourth-order valence-corrected chi connectivity index (χ4v) is 2.28. The standard InChI is InChI=1S/C15H18ClN3O/c1-11(8-13-4-3-5-14(16)9-13)18-15(20)12(2)19-7-6-17-10-19/h3-7,9-12H,8H2,1-2H3,(H,18,20)/t11-,12-/m1/s1. The van der Waals surface area contributed by atoms with E-state index in [0.717, 1.165) is 12.0 Å². The highest BCUT2D eigenvalue weighted by Crippen LogP contribution is 2.13. The molecule has 1 heterocycles. The van der Waals surface area contributed by atoms with Crippen molar-refractivity contribution in [3.8, 4) is 0 Å². The van der Waals surface area contributed by atoms with E-state index in [9.17, 15) is 4.79 Å². The van der Waals surface area contributed by atoms with Gasteiger partial charge in [-0.3, -0.25) is 4.79 Å². The zero-order valence-electron chi connectivity index (χ0n) is 11.6. The molecule has 1 N–H and O–H groups in total.